The predicted octanol–water partition coefficient (Wildman–Crippen LogP) is 6.04. The Morgan fingerprint density at radius 2 is 1.67 bits per heavy atom. The number of carbonyl (C=O) groups is 1. The summed E-state index contributed by atoms with van der Waals surface area (Å²) >= 11 is 1.32. The van der Waals surface area contributed by atoms with Crippen molar-refractivity contribution in [3.63, 3.8) is 0 Å². The fraction of sp³-hybridized carbons (Fsp3) is 0.240. The van der Waals surface area contributed by atoms with E-state index in [4.69, 9.17) is 4.98 Å². The average Bonchev–Trinajstić information content (AvgIpc) is 2.73. The second-order valence-electron chi connectivity index (χ2n) is 8.08. The smallest absolute Gasteiger partial charge is 0.237 e. The zero-order chi connectivity index (χ0) is 21.7. The molecule has 0 bridgehead atoms. The van der Waals surface area contributed by atoms with E-state index in [1.807, 2.05) is 73.7 Å². The van der Waals surface area contributed by atoms with Gasteiger partial charge in [0.05, 0.1) is 10.8 Å². The monoisotopic (exact) mass is 415 g/mol. The van der Waals surface area contributed by atoms with Gasteiger partial charge < -0.3 is 5.32 Å². The van der Waals surface area contributed by atoms with Crippen molar-refractivity contribution in [3.05, 3.63) is 78.0 Å². The standard InChI is InChI=1S/C25H25N3OS/c1-17(23(29)27-19-13-9-6-10-14-19)30-24-21(16-26)20(18-11-7-5-8-12-18)15-22(28-24)25(2,3)4/h5-15,17H,1-4H3,(H,27,29)/t17-/m0/s1. The van der Waals surface area contributed by atoms with E-state index < -0.39 is 5.25 Å². The largest absolute Gasteiger partial charge is 0.325 e. The van der Waals surface area contributed by atoms with Crippen molar-refractivity contribution in [1.82, 2.24) is 4.98 Å². The first kappa shape index (κ1) is 21.6. The van der Waals surface area contributed by atoms with Crippen LogP contribution < -0.4 is 5.32 Å². The van der Waals surface area contributed by atoms with Gasteiger partial charge in [-0.3, -0.25) is 4.79 Å². The molecule has 30 heavy (non-hydrogen) atoms. The summed E-state index contributed by atoms with van der Waals surface area (Å²) in [5.74, 6) is -0.126. The first-order valence-corrected chi connectivity index (χ1v) is 10.7. The number of amides is 1. The molecule has 1 N–H and O–H groups in total. The lowest BCUT2D eigenvalue weighted by molar-refractivity contribution is -0.115. The van der Waals surface area contributed by atoms with E-state index in [2.05, 4.69) is 32.2 Å². The third-order valence-electron chi connectivity index (χ3n) is 4.65. The number of thioether (sulfide) groups is 1. The van der Waals surface area contributed by atoms with E-state index in [1.54, 1.807) is 0 Å². The molecule has 0 saturated carbocycles. The van der Waals surface area contributed by atoms with Crippen molar-refractivity contribution < 1.29 is 4.79 Å². The molecule has 2 aromatic carbocycles. The molecular weight excluding hydrogens is 390 g/mol. The molecular formula is C25H25N3OS. The number of para-hydroxylation sites is 1. The van der Waals surface area contributed by atoms with Gasteiger partial charge >= 0.3 is 0 Å². The Bertz CT molecular complexity index is 1070. The van der Waals surface area contributed by atoms with Gasteiger partial charge in [-0.1, -0.05) is 81.1 Å². The Morgan fingerprint density at radius 3 is 2.23 bits per heavy atom. The minimum absolute atomic E-state index is 0.126. The van der Waals surface area contributed by atoms with Crippen LogP contribution >= 0.6 is 11.8 Å². The third-order valence-corrected chi connectivity index (χ3v) is 5.74. The van der Waals surface area contributed by atoms with Gasteiger partial charge in [0.15, 0.2) is 0 Å². The quantitative estimate of drug-likeness (QED) is 0.516. The summed E-state index contributed by atoms with van der Waals surface area (Å²) in [6.45, 7) is 8.11. The van der Waals surface area contributed by atoms with Crippen LogP contribution in [0.1, 0.15) is 39.0 Å². The number of aromatic nitrogens is 1. The van der Waals surface area contributed by atoms with Gasteiger partial charge in [-0.25, -0.2) is 4.98 Å². The van der Waals surface area contributed by atoms with Gasteiger partial charge in [0.25, 0.3) is 0 Å². The Balaban J connectivity index is 1.98. The Kier molecular flexibility index (Phi) is 6.59. The summed E-state index contributed by atoms with van der Waals surface area (Å²) in [4.78, 5) is 17.5. The Morgan fingerprint density at radius 1 is 1.07 bits per heavy atom. The molecule has 0 radical (unpaired) electrons. The first-order chi connectivity index (χ1) is 14.3. The van der Waals surface area contributed by atoms with Gasteiger partial charge in [0.2, 0.25) is 5.91 Å². The number of nitriles is 1. The molecule has 0 unspecified atom stereocenters. The van der Waals surface area contributed by atoms with Crippen molar-refractivity contribution in [2.45, 2.75) is 43.4 Å². The van der Waals surface area contributed by atoms with E-state index in [1.165, 1.54) is 11.8 Å². The molecule has 0 fully saturated rings. The molecule has 0 saturated heterocycles. The Hall–Kier alpha value is -3.10. The van der Waals surface area contributed by atoms with Crippen molar-refractivity contribution in [2.75, 3.05) is 5.32 Å². The molecule has 0 aliphatic heterocycles. The van der Waals surface area contributed by atoms with Crippen molar-refractivity contribution >= 4 is 23.4 Å². The summed E-state index contributed by atoms with van der Waals surface area (Å²) in [5.41, 5.74) is 3.75. The summed E-state index contributed by atoms with van der Waals surface area (Å²) in [6.07, 6.45) is 0. The molecule has 1 atom stereocenters. The van der Waals surface area contributed by atoms with Crippen LogP contribution in [0.4, 0.5) is 5.69 Å². The highest BCUT2D eigenvalue weighted by Gasteiger charge is 2.24. The molecule has 1 amide bonds. The fourth-order valence-corrected chi connectivity index (χ4v) is 3.86. The number of nitrogens with one attached hydrogen (secondary N) is 1. The molecule has 0 aliphatic rings. The van der Waals surface area contributed by atoms with Crippen LogP contribution in [0.25, 0.3) is 11.1 Å². The SMILES string of the molecule is C[C@H](Sc1nc(C(C)(C)C)cc(-c2ccccc2)c1C#N)C(=O)Nc1ccccc1. The van der Waals surface area contributed by atoms with Gasteiger partial charge in [-0.2, -0.15) is 5.26 Å². The number of anilines is 1. The van der Waals surface area contributed by atoms with Crippen molar-refractivity contribution in [1.29, 1.82) is 5.26 Å². The second-order valence-corrected chi connectivity index (χ2v) is 9.41. The molecule has 1 heterocycles. The van der Waals surface area contributed by atoms with Crippen LogP contribution in [0.3, 0.4) is 0 Å². The van der Waals surface area contributed by atoms with Crippen LogP contribution in [0.15, 0.2) is 71.8 Å². The zero-order valence-electron chi connectivity index (χ0n) is 17.6. The minimum Gasteiger partial charge on any atom is -0.325 e. The third kappa shape index (κ3) is 5.08. The minimum atomic E-state index is -0.413. The maximum absolute atomic E-state index is 12.7. The van der Waals surface area contributed by atoms with Crippen LogP contribution in [0, 0.1) is 11.3 Å². The van der Waals surface area contributed by atoms with Crippen LogP contribution in [0.2, 0.25) is 0 Å². The van der Waals surface area contributed by atoms with Gasteiger partial charge in [-0.05, 0) is 30.7 Å². The van der Waals surface area contributed by atoms with Gasteiger partial charge in [0.1, 0.15) is 11.1 Å². The molecule has 1 aromatic heterocycles. The number of nitrogens with zero attached hydrogens (tertiary/aromatic N) is 2. The Labute approximate surface area is 182 Å². The lowest BCUT2D eigenvalue weighted by atomic mass is 9.89. The summed E-state index contributed by atoms with van der Waals surface area (Å²) < 4.78 is 0. The number of benzene rings is 2. The highest BCUT2D eigenvalue weighted by molar-refractivity contribution is 8.00. The highest BCUT2D eigenvalue weighted by atomic mass is 32.2. The molecule has 3 aromatic rings. The molecule has 0 aliphatic carbocycles. The fourth-order valence-electron chi connectivity index (χ4n) is 2.93. The van der Waals surface area contributed by atoms with Gasteiger partial charge in [-0.15, -0.1) is 0 Å². The van der Waals surface area contributed by atoms with Crippen LogP contribution in [-0.4, -0.2) is 16.1 Å². The number of hydrogen-bond acceptors (Lipinski definition) is 4. The van der Waals surface area contributed by atoms with E-state index in [0.717, 1.165) is 22.5 Å². The normalized spacial score (nSPS) is 12.1. The molecule has 3 rings (SSSR count). The van der Waals surface area contributed by atoms with E-state index in [-0.39, 0.29) is 11.3 Å². The molecule has 152 valence electrons. The maximum Gasteiger partial charge on any atom is 0.237 e. The van der Waals surface area contributed by atoms with Crippen molar-refractivity contribution in [3.8, 4) is 17.2 Å². The maximum atomic E-state index is 12.7. The highest BCUT2D eigenvalue weighted by Crippen LogP contribution is 2.36. The average molecular weight is 416 g/mol. The first-order valence-electron chi connectivity index (χ1n) is 9.83. The lowest BCUT2D eigenvalue weighted by Gasteiger charge is -2.22. The summed E-state index contributed by atoms with van der Waals surface area (Å²) in [6, 6.07) is 23.5. The lowest BCUT2D eigenvalue weighted by Crippen LogP contribution is -2.23. The van der Waals surface area contributed by atoms with E-state index in [9.17, 15) is 10.1 Å². The summed E-state index contributed by atoms with van der Waals surface area (Å²) in [5, 5.41) is 13.0. The van der Waals surface area contributed by atoms with Gasteiger partial charge in [0, 0.05) is 22.4 Å². The van der Waals surface area contributed by atoms with E-state index in [0.29, 0.717) is 10.6 Å². The molecule has 4 nitrogen and oxygen atoms in total. The summed E-state index contributed by atoms with van der Waals surface area (Å²) in [7, 11) is 0. The second kappa shape index (κ2) is 9.15. The zero-order valence-corrected chi connectivity index (χ0v) is 18.5. The van der Waals surface area contributed by atoms with E-state index >= 15 is 0 Å². The number of carbonyl (C=O) groups excluding carboxylic acids is 1. The van der Waals surface area contributed by atoms with Crippen LogP contribution in [-0.2, 0) is 10.2 Å². The number of rotatable bonds is 5. The predicted molar refractivity (Wildman–Crippen MR) is 123 cm³/mol. The molecule has 5 heteroatoms. The number of hydrogen-bond donors (Lipinski definition) is 1. The van der Waals surface area contributed by atoms with Crippen molar-refractivity contribution in [2.24, 2.45) is 0 Å². The molecule has 0 spiro atoms. The topological polar surface area (TPSA) is 65.8 Å². The number of pyridine rings is 1. The van der Waals surface area contributed by atoms with Crippen LogP contribution in [0.5, 0.6) is 0 Å².